The monoisotopic (exact) mass is 374 g/mol. The van der Waals surface area contributed by atoms with E-state index in [4.69, 9.17) is 9.72 Å². The smallest absolute Gasteiger partial charge is 0.181 e. The van der Waals surface area contributed by atoms with Crippen molar-refractivity contribution in [1.29, 1.82) is 0 Å². The molecule has 1 aromatic heterocycles. The number of aromatic nitrogens is 3. The van der Waals surface area contributed by atoms with Gasteiger partial charge in [-0.3, -0.25) is 5.10 Å². The Kier molecular flexibility index (Phi) is 4.49. The molecule has 2 unspecified atom stereocenters. The number of nitrogens with one attached hydrogen (secondary N) is 2. The number of hydrogen-bond acceptors (Lipinski definition) is 4. The molecule has 1 saturated carbocycles. The van der Waals surface area contributed by atoms with Gasteiger partial charge in [0.2, 0.25) is 0 Å². The fourth-order valence-electron chi connectivity index (χ4n) is 5.25. The van der Waals surface area contributed by atoms with Crippen LogP contribution in [0.1, 0.15) is 24.8 Å². The minimum atomic E-state index is -0.210. The molecule has 3 aromatic rings. The van der Waals surface area contributed by atoms with Crippen molar-refractivity contribution >= 4 is 0 Å². The van der Waals surface area contributed by atoms with Crippen LogP contribution in [0.4, 0.5) is 0 Å². The first-order chi connectivity index (χ1) is 13.8. The van der Waals surface area contributed by atoms with Crippen LogP contribution < -0.4 is 5.32 Å². The number of benzene rings is 2. The van der Waals surface area contributed by atoms with Crippen LogP contribution in [0, 0.1) is 11.8 Å². The van der Waals surface area contributed by atoms with E-state index in [0.717, 1.165) is 35.9 Å². The van der Waals surface area contributed by atoms with E-state index >= 15 is 0 Å². The first-order valence-electron chi connectivity index (χ1n) is 10.2. The summed E-state index contributed by atoms with van der Waals surface area (Å²) in [5.41, 5.74) is 3.12. The highest BCUT2D eigenvalue weighted by Crippen LogP contribution is 2.50. The fraction of sp³-hybridized carbons (Fsp3) is 0.391. The molecule has 2 aliphatic rings. The summed E-state index contributed by atoms with van der Waals surface area (Å²) < 4.78 is 6.31. The third-order valence-electron chi connectivity index (χ3n) is 6.54. The number of rotatable bonds is 4. The number of aromatic amines is 1. The average molecular weight is 374 g/mol. The molecule has 2 atom stereocenters. The van der Waals surface area contributed by atoms with E-state index in [9.17, 15) is 0 Å². The number of H-pyrrole nitrogens is 1. The molecular weight excluding hydrogens is 348 g/mol. The van der Waals surface area contributed by atoms with Gasteiger partial charge < -0.3 is 10.1 Å². The van der Waals surface area contributed by atoms with Crippen LogP contribution in [-0.4, -0.2) is 35.4 Å². The molecular formula is C23H26N4O. The summed E-state index contributed by atoms with van der Waals surface area (Å²) in [4.78, 5) is 4.74. The first kappa shape index (κ1) is 17.6. The molecule has 0 spiro atoms. The van der Waals surface area contributed by atoms with E-state index in [1.165, 1.54) is 24.8 Å². The normalized spacial score (nSPS) is 26.9. The van der Waals surface area contributed by atoms with E-state index in [-0.39, 0.29) is 5.60 Å². The van der Waals surface area contributed by atoms with Crippen molar-refractivity contribution in [3.63, 3.8) is 0 Å². The van der Waals surface area contributed by atoms with Gasteiger partial charge in [0.25, 0.3) is 0 Å². The van der Waals surface area contributed by atoms with E-state index in [1.54, 1.807) is 0 Å². The van der Waals surface area contributed by atoms with Crippen molar-refractivity contribution in [2.24, 2.45) is 11.8 Å². The number of ether oxygens (including phenoxy) is 1. The highest BCUT2D eigenvalue weighted by atomic mass is 16.5. The number of nitrogens with zero attached hydrogens (tertiary/aromatic N) is 2. The Morgan fingerprint density at radius 1 is 0.964 bits per heavy atom. The lowest BCUT2D eigenvalue weighted by molar-refractivity contribution is -0.144. The van der Waals surface area contributed by atoms with Crippen LogP contribution in [0.15, 0.2) is 54.6 Å². The van der Waals surface area contributed by atoms with Gasteiger partial charge >= 0.3 is 0 Å². The Hall–Kier alpha value is -2.50. The second-order valence-electron chi connectivity index (χ2n) is 7.93. The zero-order valence-electron chi connectivity index (χ0n) is 16.2. The first-order valence-corrected chi connectivity index (χ1v) is 10.2. The largest absolute Gasteiger partial charge is 0.373 e. The third-order valence-corrected chi connectivity index (χ3v) is 6.54. The summed E-state index contributed by atoms with van der Waals surface area (Å²) in [5, 5.41) is 11.2. The summed E-state index contributed by atoms with van der Waals surface area (Å²) in [6, 6.07) is 18.8. The molecule has 1 aliphatic heterocycles. The van der Waals surface area contributed by atoms with Crippen LogP contribution in [-0.2, 0) is 10.3 Å². The van der Waals surface area contributed by atoms with E-state index in [2.05, 4.69) is 39.8 Å². The van der Waals surface area contributed by atoms with Gasteiger partial charge in [0.05, 0.1) is 0 Å². The third kappa shape index (κ3) is 2.77. The molecule has 2 aromatic carbocycles. The van der Waals surface area contributed by atoms with Gasteiger partial charge in [-0.2, -0.15) is 5.10 Å². The summed E-state index contributed by atoms with van der Waals surface area (Å²) in [5.74, 6) is 2.53. The Morgan fingerprint density at radius 2 is 1.71 bits per heavy atom. The number of piperidine rings is 1. The maximum atomic E-state index is 6.31. The van der Waals surface area contributed by atoms with Crippen LogP contribution in [0.3, 0.4) is 0 Å². The van der Waals surface area contributed by atoms with Crippen molar-refractivity contribution in [2.75, 3.05) is 20.2 Å². The molecule has 5 rings (SSSR count). The molecule has 1 saturated heterocycles. The fourth-order valence-corrected chi connectivity index (χ4v) is 5.25. The lowest BCUT2D eigenvalue weighted by atomic mass is 9.63. The minimum absolute atomic E-state index is 0.210. The molecule has 28 heavy (non-hydrogen) atoms. The molecule has 2 heterocycles. The summed E-state index contributed by atoms with van der Waals surface area (Å²) in [7, 11) is 1.88. The van der Waals surface area contributed by atoms with Crippen LogP contribution in [0.5, 0.6) is 0 Å². The Morgan fingerprint density at radius 3 is 2.46 bits per heavy atom. The lowest BCUT2D eigenvalue weighted by Gasteiger charge is -2.52. The summed E-state index contributed by atoms with van der Waals surface area (Å²) in [6.45, 7) is 2.04. The van der Waals surface area contributed by atoms with Gasteiger partial charge in [-0.1, -0.05) is 55.0 Å². The van der Waals surface area contributed by atoms with Gasteiger partial charge in [0.15, 0.2) is 11.6 Å². The summed E-state index contributed by atoms with van der Waals surface area (Å²) >= 11 is 0. The Bertz CT molecular complexity index is 930. The quantitative estimate of drug-likeness (QED) is 0.725. The van der Waals surface area contributed by atoms with Crippen LogP contribution in [0.25, 0.3) is 22.8 Å². The molecule has 2 N–H and O–H groups in total. The highest BCUT2D eigenvalue weighted by molar-refractivity contribution is 5.62. The molecule has 5 nitrogen and oxygen atoms in total. The molecule has 0 amide bonds. The van der Waals surface area contributed by atoms with Gasteiger partial charge in [-0.25, -0.2) is 4.98 Å². The molecule has 0 radical (unpaired) electrons. The maximum absolute atomic E-state index is 6.31. The zero-order chi connectivity index (χ0) is 19.0. The van der Waals surface area contributed by atoms with Crippen molar-refractivity contribution in [2.45, 2.75) is 24.9 Å². The predicted octanol–water partition coefficient (Wildman–Crippen LogP) is 4.00. The van der Waals surface area contributed by atoms with Crippen LogP contribution >= 0.6 is 0 Å². The van der Waals surface area contributed by atoms with E-state index in [0.29, 0.717) is 11.8 Å². The van der Waals surface area contributed by atoms with E-state index in [1.807, 2.05) is 37.4 Å². The van der Waals surface area contributed by atoms with Crippen LogP contribution in [0.2, 0.25) is 0 Å². The van der Waals surface area contributed by atoms with Gasteiger partial charge in [0.1, 0.15) is 5.60 Å². The molecule has 2 fully saturated rings. The second-order valence-corrected chi connectivity index (χ2v) is 7.93. The summed E-state index contributed by atoms with van der Waals surface area (Å²) in [6.07, 6.45) is 3.71. The SMILES string of the molecule is COC1(c2cccc(-c3n[nH]c(-c4ccccc4)n3)c2)C2CCCC1CNC2. The second kappa shape index (κ2) is 7.15. The number of methoxy groups -OCH3 is 1. The van der Waals surface area contributed by atoms with Gasteiger partial charge in [0, 0.05) is 43.2 Å². The van der Waals surface area contributed by atoms with Crippen molar-refractivity contribution in [1.82, 2.24) is 20.5 Å². The van der Waals surface area contributed by atoms with Crippen molar-refractivity contribution < 1.29 is 4.74 Å². The van der Waals surface area contributed by atoms with Crippen molar-refractivity contribution in [3.05, 3.63) is 60.2 Å². The minimum Gasteiger partial charge on any atom is -0.373 e. The maximum Gasteiger partial charge on any atom is 0.181 e. The van der Waals surface area contributed by atoms with Gasteiger partial charge in [-0.15, -0.1) is 0 Å². The number of hydrogen-bond donors (Lipinski definition) is 2. The molecule has 5 heteroatoms. The lowest BCUT2D eigenvalue weighted by Crippen LogP contribution is -2.57. The zero-order valence-corrected chi connectivity index (χ0v) is 16.2. The standard InChI is InChI=1S/C23H26N4O/c1-28-23(19-11-6-12-20(23)15-24-14-19)18-10-5-9-17(13-18)22-25-21(26-27-22)16-7-3-2-4-8-16/h2-5,7-10,13,19-20,24H,6,11-12,14-15H2,1H3,(H,25,26,27). The van der Waals surface area contributed by atoms with Crippen molar-refractivity contribution in [3.8, 4) is 22.8 Å². The molecule has 1 aliphatic carbocycles. The Labute approximate surface area is 165 Å². The Balaban J connectivity index is 1.53. The highest BCUT2D eigenvalue weighted by Gasteiger charge is 2.51. The topological polar surface area (TPSA) is 62.8 Å². The van der Waals surface area contributed by atoms with E-state index < -0.39 is 0 Å². The molecule has 144 valence electrons. The number of fused-ring (bicyclic) bond motifs is 2. The predicted molar refractivity (Wildman–Crippen MR) is 110 cm³/mol. The molecule has 2 bridgehead atoms. The van der Waals surface area contributed by atoms with Gasteiger partial charge in [-0.05, 0) is 24.5 Å². The average Bonchev–Trinajstić information content (AvgIpc) is 3.24.